The molecule has 110 valence electrons. The third-order valence-corrected chi connectivity index (χ3v) is 2.67. The highest BCUT2D eigenvalue weighted by Crippen LogP contribution is 2.05. The van der Waals surface area contributed by atoms with Gasteiger partial charge in [-0.05, 0) is 24.1 Å². The molecule has 0 aliphatic rings. The molecule has 2 aromatic rings. The number of carboxylic acid groups (broad SMARTS) is 1. The maximum atomic E-state index is 11.5. The molecule has 9 heteroatoms. The molecule has 0 radical (unpaired) electrons. The molecule has 4 N–H and O–H groups in total. The lowest BCUT2D eigenvalue weighted by Gasteiger charge is -2.06. The summed E-state index contributed by atoms with van der Waals surface area (Å²) in [6.45, 7) is 0.567. The van der Waals surface area contributed by atoms with Gasteiger partial charge in [-0.2, -0.15) is 5.21 Å². The van der Waals surface area contributed by atoms with Gasteiger partial charge < -0.3 is 15.7 Å². The van der Waals surface area contributed by atoms with Crippen molar-refractivity contribution in [2.45, 2.75) is 13.0 Å². The molecule has 0 aliphatic heterocycles. The first-order chi connectivity index (χ1) is 10.1. The van der Waals surface area contributed by atoms with Crippen molar-refractivity contribution in [1.82, 2.24) is 31.3 Å². The summed E-state index contributed by atoms with van der Waals surface area (Å²) in [5.74, 6) is -0.582. The van der Waals surface area contributed by atoms with E-state index in [1.165, 1.54) is 6.07 Å². The summed E-state index contributed by atoms with van der Waals surface area (Å²) < 4.78 is 0. The number of aromatic carboxylic acids is 1. The standard InChI is InChI=1S/C12H14N6O3/c19-11(20)9-3-1-2-8(6-9)4-5-13-12(21)14-7-10-15-17-18-16-10/h1-3,6H,4-5,7H2,(H,19,20)(H2,13,14,21)(H,15,16,17,18). The highest BCUT2D eigenvalue weighted by Gasteiger charge is 2.05. The Hall–Kier alpha value is -2.97. The summed E-state index contributed by atoms with van der Waals surface area (Å²) in [4.78, 5) is 22.3. The number of hydrogen-bond acceptors (Lipinski definition) is 5. The molecule has 21 heavy (non-hydrogen) atoms. The number of amides is 2. The van der Waals surface area contributed by atoms with Crippen LogP contribution in [0.1, 0.15) is 21.7 Å². The minimum Gasteiger partial charge on any atom is -0.478 e. The number of benzene rings is 1. The number of aromatic nitrogens is 4. The first kappa shape index (κ1) is 14.4. The molecule has 2 amide bonds. The van der Waals surface area contributed by atoms with Gasteiger partial charge in [-0.3, -0.25) is 0 Å². The Bertz CT molecular complexity index is 613. The Balaban J connectivity index is 1.72. The fourth-order valence-electron chi connectivity index (χ4n) is 1.66. The summed E-state index contributed by atoms with van der Waals surface area (Å²) in [6, 6.07) is 6.24. The first-order valence-corrected chi connectivity index (χ1v) is 6.21. The van der Waals surface area contributed by atoms with E-state index >= 15 is 0 Å². The molecule has 1 heterocycles. The van der Waals surface area contributed by atoms with E-state index in [0.29, 0.717) is 18.8 Å². The molecule has 1 aromatic carbocycles. The number of aromatic amines is 1. The van der Waals surface area contributed by atoms with Crippen molar-refractivity contribution in [3.8, 4) is 0 Å². The molecule has 9 nitrogen and oxygen atoms in total. The van der Waals surface area contributed by atoms with Crippen molar-refractivity contribution in [2.24, 2.45) is 0 Å². The smallest absolute Gasteiger partial charge is 0.335 e. The zero-order chi connectivity index (χ0) is 15.1. The number of carboxylic acids is 1. The molecule has 0 spiro atoms. The molecular weight excluding hydrogens is 276 g/mol. The van der Waals surface area contributed by atoms with Crippen LogP contribution in [0, 0.1) is 0 Å². The Labute approximate surface area is 119 Å². The van der Waals surface area contributed by atoms with Crippen LogP contribution >= 0.6 is 0 Å². The maximum Gasteiger partial charge on any atom is 0.335 e. The van der Waals surface area contributed by atoms with Crippen LogP contribution in [-0.2, 0) is 13.0 Å². The largest absolute Gasteiger partial charge is 0.478 e. The molecule has 0 bridgehead atoms. The predicted molar refractivity (Wildman–Crippen MR) is 71.5 cm³/mol. The van der Waals surface area contributed by atoms with Gasteiger partial charge >= 0.3 is 12.0 Å². The van der Waals surface area contributed by atoms with E-state index in [1.807, 2.05) is 6.07 Å². The SMILES string of the molecule is O=C(NCCc1cccc(C(=O)O)c1)NCc1nn[nH]n1. The van der Waals surface area contributed by atoms with Gasteiger partial charge in [0.25, 0.3) is 0 Å². The summed E-state index contributed by atoms with van der Waals surface area (Å²) in [5.41, 5.74) is 1.07. The lowest BCUT2D eigenvalue weighted by Crippen LogP contribution is -2.36. The highest BCUT2D eigenvalue weighted by atomic mass is 16.4. The van der Waals surface area contributed by atoms with E-state index in [1.54, 1.807) is 12.1 Å². The second-order valence-electron chi connectivity index (χ2n) is 4.19. The second kappa shape index (κ2) is 6.98. The van der Waals surface area contributed by atoms with Gasteiger partial charge in [-0.15, -0.1) is 10.2 Å². The van der Waals surface area contributed by atoms with Gasteiger partial charge in [0.05, 0.1) is 12.1 Å². The van der Waals surface area contributed by atoms with Crippen molar-refractivity contribution in [3.63, 3.8) is 0 Å². The second-order valence-corrected chi connectivity index (χ2v) is 4.19. The number of tetrazole rings is 1. The van der Waals surface area contributed by atoms with Crippen LogP contribution < -0.4 is 10.6 Å². The van der Waals surface area contributed by atoms with Gasteiger partial charge in [0.2, 0.25) is 0 Å². The van der Waals surface area contributed by atoms with Crippen LogP contribution in [0.5, 0.6) is 0 Å². The predicted octanol–water partition coefficient (Wildman–Crippen LogP) is -0.0602. The third kappa shape index (κ3) is 4.56. The molecule has 0 saturated heterocycles. The van der Waals surface area contributed by atoms with Crippen LogP contribution in [0.3, 0.4) is 0 Å². The number of H-pyrrole nitrogens is 1. The number of carbonyl (C=O) groups is 2. The minimum absolute atomic E-state index is 0.177. The molecular formula is C12H14N6O3. The highest BCUT2D eigenvalue weighted by molar-refractivity contribution is 5.87. The summed E-state index contributed by atoms with van der Waals surface area (Å²) >= 11 is 0. The number of rotatable bonds is 6. The van der Waals surface area contributed by atoms with Crippen molar-refractivity contribution >= 4 is 12.0 Å². The van der Waals surface area contributed by atoms with Gasteiger partial charge in [-0.25, -0.2) is 9.59 Å². The van der Waals surface area contributed by atoms with Crippen molar-refractivity contribution in [2.75, 3.05) is 6.54 Å². The third-order valence-electron chi connectivity index (χ3n) is 2.67. The fourth-order valence-corrected chi connectivity index (χ4v) is 1.66. The molecule has 0 saturated carbocycles. The summed E-state index contributed by atoms with van der Waals surface area (Å²) in [5, 5.41) is 27.2. The zero-order valence-corrected chi connectivity index (χ0v) is 11.0. The van der Waals surface area contributed by atoms with Crippen LogP contribution in [0.15, 0.2) is 24.3 Å². The fraction of sp³-hybridized carbons (Fsp3) is 0.250. The number of nitrogens with one attached hydrogen (secondary N) is 3. The average Bonchev–Trinajstić information content (AvgIpc) is 2.99. The topological polar surface area (TPSA) is 133 Å². The molecule has 2 rings (SSSR count). The maximum absolute atomic E-state index is 11.5. The lowest BCUT2D eigenvalue weighted by molar-refractivity contribution is 0.0696. The van der Waals surface area contributed by atoms with E-state index in [2.05, 4.69) is 31.3 Å². The Morgan fingerprint density at radius 3 is 2.86 bits per heavy atom. The first-order valence-electron chi connectivity index (χ1n) is 6.21. The molecule has 1 aromatic heterocycles. The average molecular weight is 290 g/mol. The lowest BCUT2D eigenvalue weighted by atomic mass is 10.1. The van der Waals surface area contributed by atoms with Crippen LogP contribution in [0.4, 0.5) is 4.79 Å². The van der Waals surface area contributed by atoms with E-state index in [9.17, 15) is 9.59 Å². The van der Waals surface area contributed by atoms with E-state index in [0.717, 1.165) is 5.56 Å². The normalized spacial score (nSPS) is 10.1. The molecule has 0 fully saturated rings. The number of hydrogen-bond donors (Lipinski definition) is 4. The van der Waals surface area contributed by atoms with Crippen molar-refractivity contribution < 1.29 is 14.7 Å². The monoisotopic (exact) mass is 290 g/mol. The number of carbonyl (C=O) groups excluding carboxylic acids is 1. The van der Waals surface area contributed by atoms with E-state index < -0.39 is 5.97 Å². The van der Waals surface area contributed by atoms with Gasteiger partial charge in [0.15, 0.2) is 5.82 Å². The number of urea groups is 1. The van der Waals surface area contributed by atoms with E-state index in [4.69, 9.17) is 5.11 Å². The van der Waals surface area contributed by atoms with Gasteiger partial charge in [-0.1, -0.05) is 17.3 Å². The quantitative estimate of drug-likeness (QED) is 0.589. The Morgan fingerprint density at radius 1 is 1.29 bits per heavy atom. The zero-order valence-electron chi connectivity index (χ0n) is 11.0. The van der Waals surface area contributed by atoms with E-state index in [-0.39, 0.29) is 18.1 Å². The minimum atomic E-state index is -0.970. The van der Waals surface area contributed by atoms with Crippen LogP contribution in [-0.4, -0.2) is 44.3 Å². The molecule has 0 aliphatic carbocycles. The van der Waals surface area contributed by atoms with Crippen LogP contribution in [0.2, 0.25) is 0 Å². The molecule has 0 unspecified atom stereocenters. The van der Waals surface area contributed by atoms with Gasteiger partial charge in [0.1, 0.15) is 0 Å². The van der Waals surface area contributed by atoms with Crippen molar-refractivity contribution in [3.05, 3.63) is 41.2 Å². The van der Waals surface area contributed by atoms with Gasteiger partial charge in [0, 0.05) is 6.54 Å². The Morgan fingerprint density at radius 2 is 2.14 bits per heavy atom. The molecule has 0 atom stereocenters. The van der Waals surface area contributed by atoms with Crippen LogP contribution in [0.25, 0.3) is 0 Å². The Kier molecular flexibility index (Phi) is 4.80. The summed E-state index contributed by atoms with van der Waals surface area (Å²) in [6.07, 6.45) is 0.538. The van der Waals surface area contributed by atoms with Crippen molar-refractivity contribution in [1.29, 1.82) is 0 Å². The summed E-state index contributed by atoms with van der Waals surface area (Å²) in [7, 11) is 0. The number of nitrogens with zero attached hydrogens (tertiary/aromatic N) is 3.